The molecule has 0 saturated carbocycles. The molecule has 0 bridgehead atoms. The lowest BCUT2D eigenvalue weighted by Crippen LogP contribution is -2.42. The Morgan fingerprint density at radius 1 is 1.25 bits per heavy atom. The second kappa shape index (κ2) is 5.90. The van der Waals surface area contributed by atoms with Crippen molar-refractivity contribution < 1.29 is 18.3 Å². The van der Waals surface area contributed by atoms with Crippen LogP contribution in [-0.2, 0) is 21.2 Å². The first-order valence-electron chi connectivity index (χ1n) is 6.46. The molecule has 1 aliphatic rings. The molecule has 110 valence electrons. The molecule has 1 aromatic carbocycles. The van der Waals surface area contributed by atoms with E-state index in [1.54, 1.807) is 0 Å². The van der Waals surface area contributed by atoms with Crippen molar-refractivity contribution in [3.63, 3.8) is 0 Å². The summed E-state index contributed by atoms with van der Waals surface area (Å²) in [6.07, 6.45) is 1.21. The number of carboxylic acid groups (broad SMARTS) is 1. The second-order valence-electron chi connectivity index (χ2n) is 4.96. The molecule has 0 aromatic heterocycles. The summed E-state index contributed by atoms with van der Waals surface area (Å²) in [5.41, 5.74) is 6.35. The maximum atomic E-state index is 12.4. The quantitative estimate of drug-likeness (QED) is 0.839. The Morgan fingerprint density at radius 2 is 1.80 bits per heavy atom. The zero-order chi connectivity index (χ0) is 14.8. The highest BCUT2D eigenvalue weighted by molar-refractivity contribution is 7.89. The van der Waals surface area contributed by atoms with Crippen molar-refractivity contribution in [1.82, 2.24) is 4.31 Å². The summed E-state index contributed by atoms with van der Waals surface area (Å²) in [4.78, 5) is 10.8. The van der Waals surface area contributed by atoms with Crippen LogP contribution in [0, 0.1) is 0 Å². The molecule has 0 radical (unpaired) electrons. The van der Waals surface area contributed by atoms with Gasteiger partial charge in [-0.05, 0) is 30.5 Å². The molecule has 0 unspecified atom stereocenters. The molecule has 2 rings (SSSR count). The standard InChI is InChI=1S/C13H18N2O4S/c14-11-5-7-15(8-6-11)20(18,19)12-3-1-10(2-4-12)9-13(16)17/h1-4,11H,5-9,14H2,(H,16,17). The average Bonchev–Trinajstić information content (AvgIpc) is 2.39. The van der Waals surface area contributed by atoms with E-state index in [2.05, 4.69) is 0 Å². The fraction of sp³-hybridized carbons (Fsp3) is 0.462. The van der Waals surface area contributed by atoms with Crippen LogP contribution < -0.4 is 5.73 Å². The van der Waals surface area contributed by atoms with E-state index in [4.69, 9.17) is 10.8 Å². The third-order valence-electron chi connectivity index (χ3n) is 3.42. The van der Waals surface area contributed by atoms with Gasteiger partial charge in [-0.15, -0.1) is 0 Å². The number of nitrogens with zero attached hydrogens (tertiary/aromatic N) is 1. The number of rotatable bonds is 4. The van der Waals surface area contributed by atoms with E-state index in [1.807, 2.05) is 0 Å². The molecule has 6 nitrogen and oxygen atoms in total. The lowest BCUT2D eigenvalue weighted by atomic mass is 10.1. The van der Waals surface area contributed by atoms with Crippen molar-refractivity contribution in [3.05, 3.63) is 29.8 Å². The highest BCUT2D eigenvalue weighted by Gasteiger charge is 2.28. The summed E-state index contributed by atoms with van der Waals surface area (Å²) in [6, 6.07) is 6.07. The molecule has 1 saturated heterocycles. The molecule has 1 fully saturated rings. The molecule has 0 spiro atoms. The van der Waals surface area contributed by atoms with Gasteiger partial charge in [-0.1, -0.05) is 12.1 Å². The van der Waals surface area contributed by atoms with Crippen LogP contribution in [0.15, 0.2) is 29.2 Å². The lowest BCUT2D eigenvalue weighted by Gasteiger charge is -2.29. The topological polar surface area (TPSA) is 101 Å². The summed E-state index contributed by atoms with van der Waals surface area (Å²) in [6.45, 7) is 0.862. The van der Waals surface area contributed by atoms with Gasteiger partial charge < -0.3 is 10.8 Å². The number of piperidine rings is 1. The minimum absolute atomic E-state index is 0.0689. The Balaban J connectivity index is 2.15. The Bertz CT molecular complexity index is 575. The van der Waals surface area contributed by atoms with Crippen LogP contribution in [0.3, 0.4) is 0 Å². The molecule has 0 atom stereocenters. The Hall–Kier alpha value is -1.44. The second-order valence-corrected chi connectivity index (χ2v) is 6.89. The number of carboxylic acids is 1. The number of hydrogen-bond donors (Lipinski definition) is 2. The Labute approximate surface area is 118 Å². The first kappa shape index (κ1) is 15.0. The van der Waals surface area contributed by atoms with Crippen molar-refractivity contribution >= 4 is 16.0 Å². The van der Waals surface area contributed by atoms with E-state index >= 15 is 0 Å². The fourth-order valence-corrected chi connectivity index (χ4v) is 3.69. The fourth-order valence-electron chi connectivity index (χ4n) is 2.22. The van der Waals surface area contributed by atoms with Crippen molar-refractivity contribution in [2.75, 3.05) is 13.1 Å². The van der Waals surface area contributed by atoms with Gasteiger partial charge in [0.05, 0.1) is 11.3 Å². The average molecular weight is 298 g/mol. The monoisotopic (exact) mass is 298 g/mol. The minimum atomic E-state index is -3.50. The van der Waals surface area contributed by atoms with Crippen LogP contribution in [0.25, 0.3) is 0 Å². The van der Waals surface area contributed by atoms with Crippen molar-refractivity contribution in [2.24, 2.45) is 5.73 Å². The largest absolute Gasteiger partial charge is 0.481 e. The van der Waals surface area contributed by atoms with Crippen molar-refractivity contribution in [3.8, 4) is 0 Å². The summed E-state index contributed by atoms with van der Waals surface area (Å²) in [5, 5.41) is 8.69. The van der Waals surface area contributed by atoms with Crippen molar-refractivity contribution in [2.45, 2.75) is 30.2 Å². The predicted octanol–water partition coefficient (Wildman–Crippen LogP) is 0.426. The molecular weight excluding hydrogens is 280 g/mol. The van der Waals surface area contributed by atoms with Gasteiger partial charge in [-0.25, -0.2) is 8.42 Å². The smallest absolute Gasteiger partial charge is 0.307 e. The molecule has 0 aliphatic carbocycles. The highest BCUT2D eigenvalue weighted by Crippen LogP contribution is 2.20. The molecule has 0 amide bonds. The first-order valence-corrected chi connectivity index (χ1v) is 7.90. The third kappa shape index (κ3) is 3.36. The molecule has 1 aliphatic heterocycles. The van der Waals surface area contributed by atoms with E-state index in [9.17, 15) is 13.2 Å². The van der Waals surface area contributed by atoms with Gasteiger partial charge in [0.25, 0.3) is 0 Å². The van der Waals surface area contributed by atoms with E-state index in [0.29, 0.717) is 31.5 Å². The third-order valence-corrected chi connectivity index (χ3v) is 5.33. The molecule has 7 heteroatoms. The molecular formula is C13H18N2O4S. The maximum absolute atomic E-state index is 12.4. The Kier molecular flexibility index (Phi) is 4.42. The summed E-state index contributed by atoms with van der Waals surface area (Å²) < 4.78 is 26.2. The van der Waals surface area contributed by atoms with Gasteiger partial charge in [-0.3, -0.25) is 4.79 Å². The number of benzene rings is 1. The number of aliphatic carboxylic acids is 1. The highest BCUT2D eigenvalue weighted by atomic mass is 32.2. The summed E-state index contributed by atoms with van der Waals surface area (Å²) in [7, 11) is -3.50. The molecule has 3 N–H and O–H groups in total. The van der Waals surface area contributed by atoms with Gasteiger partial charge in [0.15, 0.2) is 0 Å². The maximum Gasteiger partial charge on any atom is 0.307 e. The SMILES string of the molecule is NC1CCN(S(=O)(=O)c2ccc(CC(=O)O)cc2)CC1. The van der Waals surface area contributed by atoms with Gasteiger partial charge in [0.2, 0.25) is 10.0 Å². The van der Waals surface area contributed by atoms with Crippen LogP contribution in [0.5, 0.6) is 0 Å². The van der Waals surface area contributed by atoms with E-state index in [1.165, 1.54) is 28.6 Å². The molecule has 20 heavy (non-hydrogen) atoms. The van der Waals surface area contributed by atoms with Crippen LogP contribution in [0.1, 0.15) is 18.4 Å². The number of sulfonamides is 1. The van der Waals surface area contributed by atoms with E-state index < -0.39 is 16.0 Å². The lowest BCUT2D eigenvalue weighted by molar-refractivity contribution is -0.136. The first-order chi connectivity index (χ1) is 9.39. The zero-order valence-electron chi connectivity index (χ0n) is 11.0. The van der Waals surface area contributed by atoms with Crippen LogP contribution in [-0.4, -0.2) is 42.9 Å². The molecule has 1 aromatic rings. The van der Waals surface area contributed by atoms with Gasteiger partial charge in [0.1, 0.15) is 0 Å². The van der Waals surface area contributed by atoms with Gasteiger partial charge in [0, 0.05) is 19.1 Å². The van der Waals surface area contributed by atoms with Crippen LogP contribution in [0.2, 0.25) is 0 Å². The summed E-state index contributed by atoms with van der Waals surface area (Å²) >= 11 is 0. The van der Waals surface area contributed by atoms with Crippen molar-refractivity contribution in [1.29, 1.82) is 0 Å². The predicted molar refractivity (Wildman–Crippen MR) is 73.8 cm³/mol. The van der Waals surface area contributed by atoms with Crippen LogP contribution >= 0.6 is 0 Å². The van der Waals surface area contributed by atoms with E-state index in [0.717, 1.165) is 0 Å². The minimum Gasteiger partial charge on any atom is -0.481 e. The van der Waals surface area contributed by atoms with E-state index in [-0.39, 0.29) is 17.4 Å². The number of carbonyl (C=O) groups is 1. The Morgan fingerprint density at radius 3 is 2.30 bits per heavy atom. The number of hydrogen-bond acceptors (Lipinski definition) is 4. The molecule has 1 heterocycles. The number of nitrogens with two attached hydrogens (primary N) is 1. The summed E-state index contributed by atoms with van der Waals surface area (Å²) in [5.74, 6) is -0.939. The van der Waals surface area contributed by atoms with Crippen LogP contribution in [0.4, 0.5) is 0 Å². The normalized spacial score (nSPS) is 18.1. The zero-order valence-corrected chi connectivity index (χ0v) is 11.8. The van der Waals surface area contributed by atoms with Gasteiger partial charge >= 0.3 is 5.97 Å². The van der Waals surface area contributed by atoms with Gasteiger partial charge in [-0.2, -0.15) is 4.31 Å².